The normalized spacial score (nSPS) is 12.1. The molecule has 0 aliphatic heterocycles. The van der Waals surface area contributed by atoms with Crippen molar-refractivity contribution in [3.05, 3.63) is 59.7 Å². The van der Waals surface area contributed by atoms with Crippen molar-refractivity contribution in [1.82, 2.24) is 5.32 Å². The van der Waals surface area contributed by atoms with Crippen LogP contribution in [-0.2, 0) is 66.4 Å². The van der Waals surface area contributed by atoms with Crippen LogP contribution >= 0.6 is 0 Å². The molecule has 0 heterocycles. The van der Waals surface area contributed by atoms with Gasteiger partial charge in [-0.15, -0.1) is 0 Å². The molecule has 0 bridgehead atoms. The first kappa shape index (κ1) is 54.1. The Hall–Kier alpha value is -3.26. The van der Waals surface area contributed by atoms with Crippen LogP contribution in [-0.4, -0.2) is 177 Å². The van der Waals surface area contributed by atoms with Crippen LogP contribution in [0.2, 0.25) is 0 Å². The largest absolute Gasteiger partial charge is 0.463 e. The van der Waals surface area contributed by atoms with Crippen molar-refractivity contribution in [3.8, 4) is 11.1 Å². The van der Waals surface area contributed by atoms with Gasteiger partial charge in [-0.1, -0.05) is 74.7 Å². The summed E-state index contributed by atoms with van der Waals surface area (Å²) in [5.74, 6) is -0.111. The molecule has 16 nitrogen and oxygen atoms in total. The number of carbonyl (C=O) groups excluding carboxylic acids is 2. The van der Waals surface area contributed by atoms with Gasteiger partial charge in [0.1, 0.15) is 13.2 Å². The van der Waals surface area contributed by atoms with Crippen LogP contribution in [0.5, 0.6) is 0 Å². The van der Waals surface area contributed by atoms with E-state index in [4.69, 9.17) is 61.6 Å². The molecular weight excluding hydrogens is 819 g/mol. The molecule has 63 heavy (non-hydrogen) atoms. The number of alkyl carbamates (subject to hydrolysis) is 1. The molecule has 0 spiro atoms. The lowest BCUT2D eigenvalue weighted by molar-refractivity contribution is -0.145. The van der Waals surface area contributed by atoms with Gasteiger partial charge in [0.05, 0.1) is 139 Å². The van der Waals surface area contributed by atoms with Crippen LogP contribution in [0.25, 0.3) is 11.1 Å². The third-order valence-corrected chi connectivity index (χ3v) is 9.52. The Kier molecular flexibility index (Phi) is 33.6. The van der Waals surface area contributed by atoms with E-state index in [0.29, 0.717) is 171 Å². The average Bonchev–Trinajstić information content (AvgIpc) is 3.62. The number of hydrogen-bond donors (Lipinski definition) is 1. The average molecular weight is 894 g/mol. The minimum Gasteiger partial charge on any atom is -0.463 e. The van der Waals surface area contributed by atoms with Crippen LogP contribution < -0.4 is 5.32 Å². The van der Waals surface area contributed by atoms with Gasteiger partial charge >= 0.3 is 12.1 Å². The van der Waals surface area contributed by atoms with Crippen molar-refractivity contribution in [2.75, 3.05) is 165 Å². The smallest absolute Gasteiger partial charge is 0.407 e. The summed E-state index contributed by atoms with van der Waals surface area (Å²) < 4.78 is 71.3. The number of esters is 1. The molecule has 358 valence electrons. The highest BCUT2D eigenvalue weighted by atomic mass is 16.6. The van der Waals surface area contributed by atoms with Crippen LogP contribution in [0.3, 0.4) is 0 Å². The van der Waals surface area contributed by atoms with Gasteiger partial charge in [0.25, 0.3) is 0 Å². The third kappa shape index (κ3) is 27.6. The summed E-state index contributed by atoms with van der Waals surface area (Å²) in [6.45, 7) is 13.7. The molecule has 1 aliphatic carbocycles. The lowest BCUT2D eigenvalue weighted by Gasteiger charge is -2.14. The second-order valence-corrected chi connectivity index (χ2v) is 14.4. The molecule has 1 N–H and O–H groups in total. The third-order valence-electron chi connectivity index (χ3n) is 9.52. The van der Waals surface area contributed by atoms with Gasteiger partial charge in [-0.05, 0) is 35.1 Å². The lowest BCUT2D eigenvalue weighted by Crippen LogP contribution is -2.27. The van der Waals surface area contributed by atoms with Gasteiger partial charge in [0, 0.05) is 25.5 Å². The first-order valence-electron chi connectivity index (χ1n) is 22.8. The Morgan fingerprint density at radius 1 is 0.429 bits per heavy atom. The van der Waals surface area contributed by atoms with Crippen molar-refractivity contribution >= 4 is 12.1 Å². The number of rotatable bonds is 44. The number of fused-ring (bicyclic) bond motifs is 3. The molecule has 3 rings (SSSR count). The molecule has 2 aromatic carbocycles. The van der Waals surface area contributed by atoms with E-state index in [1.165, 1.54) is 22.3 Å². The number of benzene rings is 2. The first-order valence-corrected chi connectivity index (χ1v) is 22.8. The lowest BCUT2D eigenvalue weighted by atomic mass is 9.98. The summed E-state index contributed by atoms with van der Waals surface area (Å²) in [6.07, 6.45) is 4.99. The number of carbonyl (C=O) groups is 2. The molecule has 0 saturated heterocycles. The topological polar surface area (TPSA) is 166 Å². The molecule has 1 aliphatic rings. The summed E-state index contributed by atoms with van der Waals surface area (Å²) in [5.41, 5.74) is 4.80. The molecule has 0 saturated carbocycles. The van der Waals surface area contributed by atoms with E-state index in [9.17, 15) is 9.59 Å². The Morgan fingerprint density at radius 2 is 0.794 bits per heavy atom. The number of ether oxygens (including phenoxy) is 13. The van der Waals surface area contributed by atoms with E-state index in [1.807, 2.05) is 24.3 Å². The molecular formula is C47H75NO15. The van der Waals surface area contributed by atoms with E-state index in [2.05, 4.69) is 36.5 Å². The highest BCUT2D eigenvalue weighted by Crippen LogP contribution is 2.44. The summed E-state index contributed by atoms with van der Waals surface area (Å²) in [6, 6.07) is 16.6. The standard InChI is InChI=1S/C47H75NO15/c1-2-3-4-5-15-46(49)62-39-38-61-37-36-60-35-34-59-33-32-58-31-30-57-29-28-56-27-26-55-25-24-54-23-22-53-21-20-52-19-18-51-17-10-16-48-47(50)63-40-45-43-13-8-6-11-41(43)42-12-7-9-14-44(42)45/h6-9,11-14,45H,2-5,10,15-40H2,1H3,(H,48,50). The van der Waals surface area contributed by atoms with E-state index in [1.54, 1.807) is 0 Å². The Morgan fingerprint density at radius 3 is 1.19 bits per heavy atom. The minimum absolute atomic E-state index is 0.0453. The first-order chi connectivity index (χ1) is 31.2. The highest BCUT2D eigenvalue weighted by Gasteiger charge is 2.29. The highest BCUT2D eigenvalue weighted by molar-refractivity contribution is 5.79. The molecule has 0 atom stereocenters. The molecule has 0 aromatic heterocycles. The molecule has 1 amide bonds. The maximum absolute atomic E-state index is 12.3. The van der Waals surface area contributed by atoms with Crippen molar-refractivity contribution in [2.24, 2.45) is 0 Å². The fraction of sp³-hybridized carbons (Fsp3) is 0.702. The monoisotopic (exact) mass is 894 g/mol. The number of hydrogen-bond acceptors (Lipinski definition) is 15. The molecule has 0 radical (unpaired) electrons. The van der Waals surface area contributed by atoms with Crippen LogP contribution in [0.4, 0.5) is 4.79 Å². The van der Waals surface area contributed by atoms with E-state index >= 15 is 0 Å². The van der Waals surface area contributed by atoms with Crippen molar-refractivity contribution in [1.29, 1.82) is 0 Å². The van der Waals surface area contributed by atoms with Gasteiger partial charge in [-0.25, -0.2) is 4.79 Å². The van der Waals surface area contributed by atoms with Gasteiger partial charge in [0.15, 0.2) is 0 Å². The SMILES string of the molecule is CCCCCCC(=O)OCCOCCOCCOCCOCCOCCOCCOCCOCCOCCOCCOCCCNC(=O)OCC1c2ccccc2-c2ccccc21. The van der Waals surface area contributed by atoms with E-state index < -0.39 is 6.09 Å². The Labute approximate surface area is 375 Å². The molecule has 2 aromatic rings. The van der Waals surface area contributed by atoms with Crippen LogP contribution in [0, 0.1) is 0 Å². The van der Waals surface area contributed by atoms with E-state index in [-0.39, 0.29) is 18.5 Å². The predicted molar refractivity (Wildman–Crippen MR) is 236 cm³/mol. The molecule has 0 unspecified atom stereocenters. The Bertz CT molecular complexity index is 1360. The molecule has 16 heteroatoms. The predicted octanol–water partition coefficient (Wildman–Crippen LogP) is 5.61. The zero-order valence-corrected chi connectivity index (χ0v) is 37.7. The zero-order valence-electron chi connectivity index (χ0n) is 37.7. The summed E-state index contributed by atoms with van der Waals surface area (Å²) in [5, 5.41) is 2.81. The van der Waals surface area contributed by atoms with Crippen molar-refractivity contribution in [2.45, 2.75) is 51.4 Å². The van der Waals surface area contributed by atoms with Crippen LogP contribution in [0.15, 0.2) is 48.5 Å². The Balaban J connectivity index is 0.914. The number of nitrogens with one attached hydrogen (secondary N) is 1. The minimum atomic E-state index is -0.418. The van der Waals surface area contributed by atoms with Gasteiger partial charge in [-0.3, -0.25) is 4.79 Å². The number of amides is 1. The maximum atomic E-state index is 12.3. The maximum Gasteiger partial charge on any atom is 0.407 e. The summed E-state index contributed by atoms with van der Waals surface area (Å²) >= 11 is 0. The van der Waals surface area contributed by atoms with Crippen LogP contribution in [0.1, 0.15) is 62.5 Å². The summed E-state index contributed by atoms with van der Waals surface area (Å²) in [7, 11) is 0. The quantitative estimate of drug-likeness (QED) is 0.0644. The van der Waals surface area contributed by atoms with Gasteiger partial charge in [-0.2, -0.15) is 0 Å². The van der Waals surface area contributed by atoms with E-state index in [0.717, 1.165) is 25.7 Å². The molecule has 0 fully saturated rings. The fourth-order valence-electron chi connectivity index (χ4n) is 6.30. The van der Waals surface area contributed by atoms with Crippen molar-refractivity contribution in [3.63, 3.8) is 0 Å². The fourth-order valence-corrected chi connectivity index (χ4v) is 6.30. The van der Waals surface area contributed by atoms with Gasteiger partial charge in [0.2, 0.25) is 0 Å². The zero-order chi connectivity index (χ0) is 44.5. The second kappa shape index (κ2) is 39.1. The van der Waals surface area contributed by atoms with Gasteiger partial charge < -0.3 is 66.9 Å². The second-order valence-electron chi connectivity index (χ2n) is 14.4. The number of unbranched alkanes of at least 4 members (excludes halogenated alkanes) is 3. The summed E-state index contributed by atoms with van der Waals surface area (Å²) in [4.78, 5) is 23.9. The van der Waals surface area contributed by atoms with Crippen molar-refractivity contribution < 1.29 is 71.2 Å².